The Morgan fingerprint density at radius 3 is 2.62 bits per heavy atom. The summed E-state index contributed by atoms with van der Waals surface area (Å²) in [6, 6.07) is 5.79. The van der Waals surface area contributed by atoms with Gasteiger partial charge in [-0.3, -0.25) is 5.41 Å². The summed E-state index contributed by atoms with van der Waals surface area (Å²) >= 11 is 0. The lowest BCUT2D eigenvalue weighted by atomic mass is 10.0. The van der Waals surface area contributed by atoms with Crippen LogP contribution >= 0.6 is 0 Å². The van der Waals surface area contributed by atoms with E-state index in [0.717, 1.165) is 35.9 Å². The molecule has 4 N–H and O–H groups in total. The van der Waals surface area contributed by atoms with Crippen LogP contribution in [0.2, 0.25) is 0 Å². The molecule has 1 aliphatic heterocycles. The molecule has 1 aromatic carbocycles. The molecule has 2 fully saturated rings. The molecule has 1 aliphatic carbocycles. The zero-order chi connectivity index (χ0) is 17.4. The molecule has 24 heavy (non-hydrogen) atoms. The average Bonchev–Trinajstić information content (AvgIpc) is 3.45. The minimum Gasteiger partial charge on any atom is -0.377 e. The third-order valence-electron chi connectivity index (χ3n) is 4.20. The van der Waals surface area contributed by atoms with E-state index in [0.29, 0.717) is 18.6 Å². The Balaban J connectivity index is 0.000000219. The van der Waals surface area contributed by atoms with E-state index in [4.69, 9.17) is 21.3 Å². The molecule has 0 amide bonds. The van der Waals surface area contributed by atoms with Crippen LogP contribution < -0.4 is 5.73 Å². The summed E-state index contributed by atoms with van der Waals surface area (Å²) in [5.41, 5.74) is 8.46. The topological polar surface area (TPSA) is 83.0 Å². The van der Waals surface area contributed by atoms with E-state index in [1.54, 1.807) is 0 Å². The van der Waals surface area contributed by atoms with Crippen LogP contribution in [0.25, 0.3) is 0 Å². The van der Waals surface area contributed by atoms with Crippen LogP contribution in [-0.4, -0.2) is 31.2 Å². The van der Waals surface area contributed by atoms with E-state index in [9.17, 15) is 0 Å². The largest absolute Gasteiger partial charge is 0.377 e. The number of benzene rings is 1. The van der Waals surface area contributed by atoms with E-state index in [1.807, 2.05) is 25.1 Å². The van der Waals surface area contributed by atoms with Crippen molar-refractivity contribution in [2.75, 3.05) is 13.2 Å². The summed E-state index contributed by atoms with van der Waals surface area (Å²) < 4.78 is 5.30. The fourth-order valence-electron chi connectivity index (χ4n) is 2.53. The fraction of sp³-hybridized carbons (Fsp3) is 0.500. The van der Waals surface area contributed by atoms with Crippen molar-refractivity contribution in [1.29, 1.82) is 10.8 Å². The van der Waals surface area contributed by atoms with Crippen LogP contribution in [0.5, 0.6) is 0 Å². The van der Waals surface area contributed by atoms with Gasteiger partial charge < -0.3 is 15.9 Å². The molecule has 128 valence electrons. The zero-order valence-electron chi connectivity index (χ0n) is 14.4. The minimum atomic E-state index is 0.249. The summed E-state index contributed by atoms with van der Waals surface area (Å²) in [5.74, 6) is 6.98. The molecule has 0 bridgehead atoms. The average molecular weight is 325 g/mol. The zero-order valence-corrected chi connectivity index (χ0v) is 14.4. The maximum absolute atomic E-state index is 7.59. The van der Waals surface area contributed by atoms with Gasteiger partial charge in [-0.2, -0.15) is 0 Å². The summed E-state index contributed by atoms with van der Waals surface area (Å²) in [4.78, 5) is 0. The first-order valence-corrected chi connectivity index (χ1v) is 8.67. The minimum absolute atomic E-state index is 0.249. The molecule has 1 unspecified atom stereocenters. The van der Waals surface area contributed by atoms with Crippen molar-refractivity contribution in [3.05, 3.63) is 34.9 Å². The van der Waals surface area contributed by atoms with Crippen molar-refractivity contribution in [3.63, 3.8) is 0 Å². The van der Waals surface area contributed by atoms with Crippen molar-refractivity contribution in [2.45, 2.75) is 45.1 Å². The highest BCUT2D eigenvalue weighted by atomic mass is 16.5. The third-order valence-corrected chi connectivity index (χ3v) is 4.20. The Hall–Kier alpha value is -1.96. The molecule has 3 rings (SSSR count). The number of hydrogen-bond donors (Lipinski definition) is 3. The third kappa shape index (κ3) is 5.92. The van der Waals surface area contributed by atoms with E-state index < -0.39 is 0 Å². The number of nitrogens with one attached hydrogen (secondary N) is 2. The fourth-order valence-corrected chi connectivity index (χ4v) is 2.53. The lowest BCUT2D eigenvalue weighted by Gasteiger charge is -2.20. The van der Waals surface area contributed by atoms with Crippen LogP contribution in [-0.2, 0) is 4.74 Å². The summed E-state index contributed by atoms with van der Waals surface area (Å²) in [6.07, 6.45) is 7.58. The summed E-state index contributed by atoms with van der Waals surface area (Å²) in [5, 5.41) is 14.7. The van der Waals surface area contributed by atoms with Crippen molar-refractivity contribution in [3.8, 4) is 11.8 Å². The van der Waals surface area contributed by atoms with Crippen LogP contribution in [0, 0.1) is 35.5 Å². The van der Waals surface area contributed by atoms with E-state index in [-0.39, 0.29) is 5.71 Å². The molecule has 1 atom stereocenters. The van der Waals surface area contributed by atoms with Crippen molar-refractivity contribution in [2.24, 2.45) is 11.7 Å². The highest BCUT2D eigenvalue weighted by molar-refractivity contribution is 6.36. The van der Waals surface area contributed by atoms with Gasteiger partial charge in [0.2, 0.25) is 0 Å². The lowest BCUT2D eigenvalue weighted by Crippen LogP contribution is -2.27. The number of rotatable bonds is 3. The Bertz CT molecular complexity index is 632. The van der Waals surface area contributed by atoms with Gasteiger partial charge in [0.25, 0.3) is 0 Å². The Labute approximate surface area is 144 Å². The second kappa shape index (κ2) is 9.36. The second-order valence-corrected chi connectivity index (χ2v) is 6.36. The molecule has 1 aromatic rings. The van der Waals surface area contributed by atoms with Gasteiger partial charge >= 0.3 is 0 Å². The molecule has 0 radical (unpaired) electrons. The van der Waals surface area contributed by atoms with Crippen molar-refractivity contribution >= 4 is 11.9 Å². The molecule has 4 heteroatoms. The van der Waals surface area contributed by atoms with Crippen LogP contribution in [0.3, 0.4) is 0 Å². The molecular weight excluding hydrogens is 298 g/mol. The van der Waals surface area contributed by atoms with Gasteiger partial charge in [0, 0.05) is 36.4 Å². The molecule has 4 nitrogen and oxygen atoms in total. The standard InChI is InChI=1S/C14H14N2.C6H13NO/c1-10-8-12(5-4-11-2-3-11)6-7-13(10)14(16)9-15;7-5-6-3-1-2-4-8-6/h6-9,11,15-16H,2-3H2,1H3;6H,1-5,7H2. The first-order valence-electron chi connectivity index (χ1n) is 8.67. The summed E-state index contributed by atoms with van der Waals surface area (Å²) in [7, 11) is 0. The Morgan fingerprint density at radius 1 is 1.33 bits per heavy atom. The number of ether oxygens (including phenoxy) is 1. The van der Waals surface area contributed by atoms with Gasteiger partial charge in [0.15, 0.2) is 0 Å². The predicted molar refractivity (Wildman–Crippen MR) is 99.0 cm³/mol. The van der Waals surface area contributed by atoms with Gasteiger partial charge in [-0.15, -0.1) is 0 Å². The molecular formula is C20H27N3O. The van der Waals surface area contributed by atoms with Gasteiger partial charge in [-0.25, -0.2) is 0 Å². The van der Waals surface area contributed by atoms with E-state index in [2.05, 4.69) is 11.8 Å². The quantitative estimate of drug-likeness (QED) is 0.588. The Morgan fingerprint density at radius 2 is 2.12 bits per heavy atom. The second-order valence-electron chi connectivity index (χ2n) is 6.36. The predicted octanol–water partition coefficient (Wildman–Crippen LogP) is 3.29. The number of nitrogens with two attached hydrogens (primary N) is 1. The number of hydrogen-bond acceptors (Lipinski definition) is 4. The first kappa shape index (κ1) is 18.4. The highest BCUT2D eigenvalue weighted by Crippen LogP contribution is 2.27. The maximum Gasteiger partial charge on any atom is 0.0790 e. The van der Waals surface area contributed by atoms with Crippen LogP contribution in [0.1, 0.15) is 48.8 Å². The van der Waals surface area contributed by atoms with Gasteiger partial charge in [-0.1, -0.05) is 17.9 Å². The molecule has 1 saturated carbocycles. The van der Waals surface area contributed by atoms with Crippen molar-refractivity contribution in [1.82, 2.24) is 0 Å². The molecule has 2 aliphatic rings. The number of aryl methyl sites for hydroxylation is 1. The highest BCUT2D eigenvalue weighted by Gasteiger charge is 2.17. The van der Waals surface area contributed by atoms with Crippen LogP contribution in [0.4, 0.5) is 0 Å². The lowest BCUT2D eigenvalue weighted by molar-refractivity contribution is 0.0222. The Kier molecular flexibility index (Phi) is 7.17. The molecule has 1 saturated heterocycles. The van der Waals surface area contributed by atoms with Gasteiger partial charge in [-0.05, 0) is 56.7 Å². The molecule has 0 spiro atoms. The summed E-state index contributed by atoms with van der Waals surface area (Å²) in [6.45, 7) is 3.57. The smallest absolute Gasteiger partial charge is 0.0790 e. The molecule has 0 aromatic heterocycles. The van der Waals surface area contributed by atoms with Gasteiger partial charge in [0.05, 0.1) is 11.8 Å². The normalized spacial score (nSPS) is 19.3. The van der Waals surface area contributed by atoms with Crippen molar-refractivity contribution < 1.29 is 4.74 Å². The monoisotopic (exact) mass is 325 g/mol. The van der Waals surface area contributed by atoms with E-state index >= 15 is 0 Å². The molecule has 1 heterocycles. The van der Waals surface area contributed by atoms with E-state index in [1.165, 1.54) is 25.7 Å². The SMILES string of the molecule is Cc1cc(C#CC2CC2)ccc1C(=N)C=N.NCC1CCCCO1. The van der Waals surface area contributed by atoms with Crippen LogP contribution in [0.15, 0.2) is 18.2 Å². The first-order chi connectivity index (χ1) is 11.6. The van der Waals surface area contributed by atoms with Gasteiger partial charge in [0.1, 0.15) is 0 Å². The maximum atomic E-state index is 7.59.